The summed E-state index contributed by atoms with van der Waals surface area (Å²) in [4.78, 5) is 0. The fourth-order valence-corrected chi connectivity index (χ4v) is 19.2. The van der Waals surface area contributed by atoms with E-state index in [4.69, 9.17) is 0 Å². The number of hydrogen-bond acceptors (Lipinski definition) is 0. The fraction of sp³-hybridized carbons (Fsp3) is 0.290. The summed E-state index contributed by atoms with van der Waals surface area (Å²) in [7, 11) is -1.23. The van der Waals surface area contributed by atoms with Crippen molar-refractivity contribution >= 4 is 8.07 Å². The molecule has 3 aromatic carbocycles. The molecule has 0 bridgehead atoms. The zero-order valence-corrected chi connectivity index (χ0v) is 23.4. The molecular formula is C31H39SiTi. The van der Waals surface area contributed by atoms with E-state index in [2.05, 4.69) is 128 Å². The molecule has 0 aromatic heterocycles. The van der Waals surface area contributed by atoms with Crippen LogP contribution in [0, 0.1) is 0 Å². The molecule has 3 aromatic rings. The monoisotopic (exact) mass is 487 g/mol. The molecule has 171 valence electrons. The van der Waals surface area contributed by atoms with Gasteiger partial charge in [0, 0.05) is 0 Å². The van der Waals surface area contributed by atoms with Gasteiger partial charge < -0.3 is 0 Å². The first-order valence-electron chi connectivity index (χ1n) is 12.4. The van der Waals surface area contributed by atoms with Crippen molar-refractivity contribution in [2.24, 2.45) is 0 Å². The summed E-state index contributed by atoms with van der Waals surface area (Å²) in [5.74, 6) is 0. The Morgan fingerprint density at radius 2 is 1.03 bits per heavy atom. The van der Waals surface area contributed by atoms with Crippen LogP contribution < -0.4 is 0 Å². The third-order valence-electron chi connectivity index (χ3n) is 7.38. The van der Waals surface area contributed by atoms with E-state index in [9.17, 15) is 0 Å². The SMILES string of the molecule is C[Si](C)(C)CC1=[C]([Ti]([CH3])([CH2]c2ccccc2)([CH2]c2ccccc2)[CH2]c2ccccc2)CC=C1. The summed E-state index contributed by atoms with van der Waals surface area (Å²) < 4.78 is 5.54. The summed E-state index contributed by atoms with van der Waals surface area (Å²) in [5, 5.41) is 2.77. The zero-order chi connectivity index (χ0) is 23.4. The first-order chi connectivity index (χ1) is 15.7. The van der Waals surface area contributed by atoms with Crippen LogP contribution in [0.4, 0.5) is 0 Å². The number of hydrogen-bond donors (Lipinski definition) is 0. The molecule has 0 heterocycles. The van der Waals surface area contributed by atoms with Gasteiger partial charge in [-0.1, -0.05) is 0 Å². The summed E-state index contributed by atoms with van der Waals surface area (Å²) in [5.41, 5.74) is 6.22. The van der Waals surface area contributed by atoms with E-state index >= 15 is 0 Å². The molecule has 0 N–H and O–H groups in total. The number of allylic oxidation sites excluding steroid dienone is 4. The molecule has 0 fully saturated rings. The van der Waals surface area contributed by atoms with Crippen molar-refractivity contribution in [1.82, 2.24) is 0 Å². The Balaban J connectivity index is 1.93. The molecule has 33 heavy (non-hydrogen) atoms. The van der Waals surface area contributed by atoms with Gasteiger partial charge in [0.25, 0.3) is 0 Å². The van der Waals surface area contributed by atoms with Crippen LogP contribution in [0.3, 0.4) is 0 Å². The maximum atomic E-state index is 2.77. The van der Waals surface area contributed by atoms with Gasteiger partial charge in [-0.15, -0.1) is 0 Å². The average molecular weight is 488 g/mol. The number of rotatable bonds is 9. The zero-order valence-electron chi connectivity index (χ0n) is 20.9. The predicted molar refractivity (Wildman–Crippen MR) is 145 cm³/mol. The van der Waals surface area contributed by atoms with Crippen molar-refractivity contribution in [1.29, 1.82) is 0 Å². The minimum absolute atomic E-state index is 1.15. The van der Waals surface area contributed by atoms with Gasteiger partial charge in [0.1, 0.15) is 0 Å². The first kappa shape index (κ1) is 24.2. The third-order valence-corrected chi connectivity index (χ3v) is 19.3. The van der Waals surface area contributed by atoms with Crippen molar-refractivity contribution in [3.8, 4) is 0 Å². The maximum absolute atomic E-state index is 3.36. The predicted octanol–water partition coefficient (Wildman–Crippen LogP) is 8.88. The Labute approximate surface area is 203 Å². The van der Waals surface area contributed by atoms with Crippen molar-refractivity contribution in [2.75, 3.05) is 0 Å². The second kappa shape index (κ2) is 9.74. The van der Waals surface area contributed by atoms with Crippen LogP contribution >= 0.6 is 0 Å². The molecule has 0 atom stereocenters. The molecule has 0 nitrogen and oxygen atoms in total. The third kappa shape index (κ3) is 5.96. The molecule has 2 heteroatoms. The van der Waals surface area contributed by atoms with Crippen LogP contribution in [0.2, 0.25) is 30.9 Å². The van der Waals surface area contributed by atoms with E-state index in [1.54, 1.807) is 5.57 Å². The van der Waals surface area contributed by atoms with E-state index in [1.165, 1.54) is 36.9 Å². The quantitative estimate of drug-likeness (QED) is 0.264. The topological polar surface area (TPSA) is 0 Å². The van der Waals surface area contributed by atoms with Gasteiger partial charge in [0.05, 0.1) is 0 Å². The van der Waals surface area contributed by atoms with E-state index in [-0.39, 0.29) is 0 Å². The van der Waals surface area contributed by atoms with Gasteiger partial charge in [-0.05, 0) is 0 Å². The van der Waals surface area contributed by atoms with Crippen LogP contribution in [0.15, 0.2) is 113 Å². The van der Waals surface area contributed by atoms with Crippen LogP contribution in [0.25, 0.3) is 0 Å². The Kier molecular flexibility index (Phi) is 7.15. The van der Waals surface area contributed by atoms with Crippen molar-refractivity contribution in [2.45, 2.75) is 51.5 Å². The van der Waals surface area contributed by atoms with Crippen molar-refractivity contribution < 1.29 is 15.3 Å². The second-order valence-corrected chi connectivity index (χ2v) is 28.1. The van der Waals surface area contributed by atoms with E-state index in [0.29, 0.717) is 0 Å². The molecule has 1 aliphatic rings. The van der Waals surface area contributed by atoms with E-state index in [1.807, 2.05) is 3.88 Å². The molecule has 0 saturated heterocycles. The summed E-state index contributed by atoms with van der Waals surface area (Å²) >= 11 is -3.36. The van der Waals surface area contributed by atoms with Crippen LogP contribution in [-0.4, -0.2) is 8.07 Å². The molecule has 4 rings (SSSR count). The van der Waals surface area contributed by atoms with Crippen LogP contribution in [0.1, 0.15) is 23.1 Å². The number of benzene rings is 3. The fourth-order valence-electron chi connectivity index (χ4n) is 6.19. The van der Waals surface area contributed by atoms with Crippen molar-refractivity contribution in [3.05, 3.63) is 129 Å². The molecule has 0 unspecified atom stereocenters. The Hall–Kier alpha value is -1.93. The van der Waals surface area contributed by atoms with Gasteiger partial charge in [0.2, 0.25) is 0 Å². The normalized spacial score (nSPS) is 15.5. The van der Waals surface area contributed by atoms with Gasteiger partial charge in [-0.3, -0.25) is 0 Å². The second-order valence-electron chi connectivity index (χ2n) is 11.9. The molecule has 0 amide bonds. The van der Waals surface area contributed by atoms with Gasteiger partial charge in [0.15, 0.2) is 0 Å². The molecular weight excluding hydrogens is 448 g/mol. The molecule has 0 radical (unpaired) electrons. The minimum atomic E-state index is -3.36. The summed E-state index contributed by atoms with van der Waals surface area (Å²) in [6, 6.07) is 35.3. The first-order valence-corrected chi connectivity index (χ1v) is 21.8. The van der Waals surface area contributed by atoms with Gasteiger partial charge in [-0.25, -0.2) is 0 Å². The molecule has 1 aliphatic carbocycles. The Morgan fingerprint density at radius 3 is 1.39 bits per heavy atom. The van der Waals surface area contributed by atoms with Crippen LogP contribution in [0.5, 0.6) is 0 Å². The standard InChI is InChI=1S/C9H15Si.3C7H7.CH3.Ti/c1-10(2,3)8-9-6-4-5-7-9;3*1-7-5-3-2-4-6-7;;/h4,6H,5,8H2,1-3H3;3*2-6H,1H2;1H3;. The van der Waals surface area contributed by atoms with Crippen LogP contribution in [-0.2, 0) is 29.5 Å². The molecule has 0 spiro atoms. The Bertz CT molecular complexity index is 1020. The van der Waals surface area contributed by atoms with Crippen molar-refractivity contribution in [3.63, 3.8) is 0 Å². The Morgan fingerprint density at radius 1 is 0.636 bits per heavy atom. The molecule has 0 aliphatic heterocycles. The average Bonchev–Trinajstić information content (AvgIpc) is 3.23. The summed E-state index contributed by atoms with van der Waals surface area (Å²) in [6.07, 6.45) is 6.12. The summed E-state index contributed by atoms with van der Waals surface area (Å²) in [6.45, 7) is 7.56. The van der Waals surface area contributed by atoms with Gasteiger partial charge in [-0.2, -0.15) is 0 Å². The van der Waals surface area contributed by atoms with E-state index < -0.39 is 23.4 Å². The van der Waals surface area contributed by atoms with Gasteiger partial charge >= 0.3 is 204 Å². The van der Waals surface area contributed by atoms with E-state index in [0.717, 1.165) is 6.42 Å². The molecule has 0 saturated carbocycles.